The minimum Gasteiger partial charge on any atom is -0.394 e. The van der Waals surface area contributed by atoms with Crippen molar-refractivity contribution in [3.8, 4) is 0 Å². The lowest BCUT2D eigenvalue weighted by molar-refractivity contribution is -0.125. The van der Waals surface area contributed by atoms with E-state index in [1.54, 1.807) is 0 Å². The predicted octanol–water partition coefficient (Wildman–Crippen LogP) is 17.9. The Bertz CT molecular complexity index is 894. The summed E-state index contributed by atoms with van der Waals surface area (Å²) in [7, 11) is 0. The average molecular weight is 891 g/mol. The van der Waals surface area contributed by atoms with Crippen molar-refractivity contribution < 1.29 is 20.1 Å². The Kier molecular flexibility index (Phi) is 52.9. The lowest BCUT2D eigenvalue weighted by Gasteiger charge is -2.23. The molecule has 0 radical (unpaired) electrons. The molecular weight excluding hydrogens is 775 g/mol. The van der Waals surface area contributed by atoms with Crippen LogP contribution in [0.5, 0.6) is 0 Å². The summed E-state index contributed by atoms with van der Waals surface area (Å²) in [4.78, 5) is 12.5. The summed E-state index contributed by atoms with van der Waals surface area (Å²) in [6.45, 7) is 4.31. The van der Waals surface area contributed by atoms with Crippen molar-refractivity contribution in [2.45, 2.75) is 347 Å². The average Bonchev–Trinajstić information content (AvgIpc) is 3.28. The van der Waals surface area contributed by atoms with E-state index < -0.39 is 18.2 Å². The van der Waals surface area contributed by atoms with Crippen LogP contribution in [0.3, 0.4) is 0 Å². The quantitative estimate of drug-likeness (QED) is 0.0362. The van der Waals surface area contributed by atoms with Crippen molar-refractivity contribution in [1.29, 1.82) is 0 Å². The fourth-order valence-electron chi connectivity index (χ4n) is 9.40. The third-order valence-electron chi connectivity index (χ3n) is 13.8. The summed E-state index contributed by atoms with van der Waals surface area (Å²) < 4.78 is 0. The van der Waals surface area contributed by atoms with E-state index in [2.05, 4.69) is 31.3 Å². The van der Waals surface area contributed by atoms with Gasteiger partial charge < -0.3 is 20.6 Å². The number of unbranched alkanes of at least 4 members (excludes halogenated alkanes) is 43. The Hall–Kier alpha value is -0.910. The third-order valence-corrected chi connectivity index (χ3v) is 13.8. The van der Waals surface area contributed by atoms with Gasteiger partial charge in [0.1, 0.15) is 0 Å². The molecule has 3 unspecified atom stereocenters. The summed E-state index contributed by atoms with van der Waals surface area (Å²) in [6, 6.07) is -0.658. The van der Waals surface area contributed by atoms with Gasteiger partial charge in [0.15, 0.2) is 0 Å². The van der Waals surface area contributed by atoms with Gasteiger partial charge in [0.25, 0.3) is 0 Å². The van der Waals surface area contributed by atoms with E-state index in [0.717, 1.165) is 25.7 Å². The second-order valence-corrected chi connectivity index (χ2v) is 20.3. The van der Waals surface area contributed by atoms with E-state index in [-0.39, 0.29) is 18.9 Å². The molecule has 0 rings (SSSR count). The van der Waals surface area contributed by atoms with E-state index in [4.69, 9.17) is 0 Å². The van der Waals surface area contributed by atoms with Gasteiger partial charge >= 0.3 is 0 Å². The maximum atomic E-state index is 12.5. The smallest absolute Gasteiger partial charge is 0.222 e. The molecule has 0 aliphatic carbocycles. The van der Waals surface area contributed by atoms with Gasteiger partial charge in [-0.25, -0.2) is 0 Å². The number of allylic oxidation sites excluding steroid dienone is 2. The lowest BCUT2D eigenvalue weighted by atomic mass is 10.0. The minimum absolute atomic E-state index is 0.0389. The van der Waals surface area contributed by atoms with Crippen molar-refractivity contribution in [3.63, 3.8) is 0 Å². The lowest BCUT2D eigenvalue weighted by Crippen LogP contribution is -2.46. The molecule has 0 aliphatic heterocycles. The molecule has 0 aliphatic rings. The molecule has 0 aromatic rings. The van der Waals surface area contributed by atoms with Crippen LogP contribution in [0.15, 0.2) is 12.2 Å². The highest BCUT2D eigenvalue weighted by Gasteiger charge is 2.21. The molecular formula is C58H115NO4. The first-order valence-electron chi connectivity index (χ1n) is 29.0. The molecule has 1 amide bonds. The minimum atomic E-state index is -0.748. The van der Waals surface area contributed by atoms with Crippen LogP contribution in [0.25, 0.3) is 0 Å². The van der Waals surface area contributed by atoms with Crippen molar-refractivity contribution in [2.24, 2.45) is 0 Å². The largest absolute Gasteiger partial charge is 0.394 e. The number of nitrogens with one attached hydrogen (secondary N) is 1. The first kappa shape index (κ1) is 62.1. The highest BCUT2D eigenvalue weighted by atomic mass is 16.3. The van der Waals surface area contributed by atoms with Crippen LogP contribution in [-0.2, 0) is 4.79 Å². The molecule has 0 saturated carbocycles. The fraction of sp³-hybridized carbons (Fsp3) is 0.948. The van der Waals surface area contributed by atoms with E-state index in [1.807, 2.05) is 0 Å². The summed E-state index contributed by atoms with van der Waals surface area (Å²) in [5.41, 5.74) is 0. The fourth-order valence-corrected chi connectivity index (χ4v) is 9.40. The van der Waals surface area contributed by atoms with E-state index in [1.165, 1.54) is 270 Å². The van der Waals surface area contributed by atoms with Crippen molar-refractivity contribution in [3.05, 3.63) is 12.2 Å². The maximum absolute atomic E-state index is 12.5. The molecule has 3 atom stereocenters. The first-order valence-corrected chi connectivity index (χ1v) is 29.0. The van der Waals surface area contributed by atoms with Crippen LogP contribution in [0.1, 0.15) is 328 Å². The summed E-state index contributed by atoms with van der Waals surface area (Å²) >= 11 is 0. The zero-order chi connectivity index (χ0) is 45.8. The predicted molar refractivity (Wildman–Crippen MR) is 278 cm³/mol. The topological polar surface area (TPSA) is 89.8 Å². The van der Waals surface area contributed by atoms with E-state index in [0.29, 0.717) is 12.8 Å². The number of amides is 1. The van der Waals surface area contributed by atoms with Crippen LogP contribution in [0.2, 0.25) is 0 Å². The molecule has 0 heterocycles. The molecule has 0 saturated heterocycles. The summed E-state index contributed by atoms with van der Waals surface area (Å²) in [6.07, 6.45) is 66.6. The molecule has 0 aromatic heterocycles. The molecule has 376 valence electrons. The number of aliphatic hydroxyl groups excluding tert-OH is 3. The van der Waals surface area contributed by atoms with E-state index in [9.17, 15) is 20.1 Å². The van der Waals surface area contributed by atoms with Crippen LogP contribution >= 0.6 is 0 Å². The molecule has 5 heteroatoms. The van der Waals surface area contributed by atoms with Gasteiger partial charge in [-0.15, -0.1) is 0 Å². The van der Waals surface area contributed by atoms with Crippen molar-refractivity contribution in [1.82, 2.24) is 5.32 Å². The Morgan fingerprint density at radius 3 is 0.921 bits per heavy atom. The Morgan fingerprint density at radius 1 is 0.381 bits per heavy atom. The number of carbonyl (C=O) groups is 1. The molecule has 0 spiro atoms. The number of rotatable bonds is 54. The number of hydrogen-bond donors (Lipinski definition) is 4. The number of aliphatic hydroxyl groups is 3. The van der Waals surface area contributed by atoms with Crippen LogP contribution in [0, 0.1) is 0 Å². The van der Waals surface area contributed by atoms with Crippen molar-refractivity contribution >= 4 is 5.91 Å². The molecule has 63 heavy (non-hydrogen) atoms. The van der Waals surface area contributed by atoms with Gasteiger partial charge in [0, 0.05) is 0 Å². The molecule has 0 fully saturated rings. The van der Waals surface area contributed by atoms with Gasteiger partial charge in [0.05, 0.1) is 31.3 Å². The van der Waals surface area contributed by atoms with Crippen LogP contribution < -0.4 is 5.32 Å². The van der Waals surface area contributed by atoms with E-state index >= 15 is 0 Å². The van der Waals surface area contributed by atoms with Crippen LogP contribution in [0.4, 0.5) is 0 Å². The van der Waals surface area contributed by atoms with Gasteiger partial charge in [-0.1, -0.05) is 296 Å². The monoisotopic (exact) mass is 890 g/mol. The molecule has 0 aromatic carbocycles. The Morgan fingerprint density at radius 2 is 0.635 bits per heavy atom. The second kappa shape index (κ2) is 53.7. The Balaban J connectivity index is 3.51. The van der Waals surface area contributed by atoms with Gasteiger partial charge in [0.2, 0.25) is 5.91 Å². The summed E-state index contributed by atoms with van der Waals surface area (Å²) in [5, 5.41) is 33.7. The molecule has 0 bridgehead atoms. The Labute approximate surface area is 395 Å². The maximum Gasteiger partial charge on any atom is 0.222 e. The number of hydrogen-bond acceptors (Lipinski definition) is 4. The van der Waals surface area contributed by atoms with Gasteiger partial charge in [-0.05, 0) is 38.5 Å². The standard InChI is InChI=1S/C58H115NO4/c1-3-5-7-9-11-13-15-17-19-21-23-25-27-28-30-31-33-35-37-39-41-43-45-47-49-51-55(61)53-58(63)59-56(54-60)57(62)52-50-48-46-44-42-40-38-36-34-32-29-26-24-22-20-18-16-14-12-10-8-6-4-2/h28,30,55-57,60-62H,3-27,29,31-54H2,1-2H3,(H,59,63)/b30-28-. The first-order chi connectivity index (χ1) is 31.0. The highest BCUT2D eigenvalue weighted by molar-refractivity contribution is 5.76. The number of carbonyl (C=O) groups excluding carboxylic acids is 1. The zero-order valence-electron chi connectivity index (χ0n) is 43.0. The summed E-state index contributed by atoms with van der Waals surface area (Å²) in [5.74, 6) is -0.278. The highest BCUT2D eigenvalue weighted by Crippen LogP contribution is 2.18. The normalized spacial score (nSPS) is 13.3. The van der Waals surface area contributed by atoms with Crippen molar-refractivity contribution in [2.75, 3.05) is 6.61 Å². The van der Waals surface area contributed by atoms with Gasteiger partial charge in [-0.2, -0.15) is 0 Å². The van der Waals surface area contributed by atoms with Crippen LogP contribution in [-0.4, -0.2) is 46.1 Å². The molecule has 5 nitrogen and oxygen atoms in total. The SMILES string of the molecule is CCCCCCCCCCCCCC/C=C\CCCCCCCCCCCC(O)CC(=O)NC(CO)C(O)CCCCCCCCCCCCCCCCCCCCCCCCC. The molecule has 4 N–H and O–H groups in total. The zero-order valence-corrected chi connectivity index (χ0v) is 43.0. The second-order valence-electron chi connectivity index (χ2n) is 20.3. The van der Waals surface area contributed by atoms with Gasteiger partial charge in [-0.3, -0.25) is 4.79 Å². The third kappa shape index (κ3) is 50.3.